The first kappa shape index (κ1) is 23.3. The van der Waals surface area contributed by atoms with E-state index in [1.165, 1.54) is 23.5 Å². The summed E-state index contributed by atoms with van der Waals surface area (Å²) in [5, 5.41) is 9.58. The summed E-state index contributed by atoms with van der Waals surface area (Å²) < 4.78 is 38.4. The van der Waals surface area contributed by atoms with Gasteiger partial charge >= 0.3 is 12.1 Å². The summed E-state index contributed by atoms with van der Waals surface area (Å²) in [7, 11) is 0. The minimum atomic E-state index is -4.35. The third kappa shape index (κ3) is 6.11. The predicted molar refractivity (Wildman–Crippen MR) is 119 cm³/mol. The van der Waals surface area contributed by atoms with Gasteiger partial charge in [-0.1, -0.05) is 25.1 Å². The van der Waals surface area contributed by atoms with Crippen LogP contribution in [0.3, 0.4) is 0 Å². The number of hydrogen-bond acceptors (Lipinski definition) is 4. The SMILES string of the molecule is CCc1nc(-c2ccc(C(F)(F)F)cc2)sc1CSc1ccc(CCC(=O)O)c(C)c1. The Morgan fingerprint density at radius 2 is 1.87 bits per heavy atom. The summed E-state index contributed by atoms with van der Waals surface area (Å²) in [6.07, 6.45) is -2.97. The van der Waals surface area contributed by atoms with Gasteiger partial charge in [-0.15, -0.1) is 23.1 Å². The molecule has 0 atom stereocenters. The van der Waals surface area contributed by atoms with Crippen LogP contribution in [0, 0.1) is 6.92 Å². The van der Waals surface area contributed by atoms with Crippen LogP contribution in [0.25, 0.3) is 10.6 Å². The molecule has 2 aromatic carbocycles. The lowest BCUT2D eigenvalue weighted by molar-refractivity contribution is -0.138. The number of halogens is 3. The van der Waals surface area contributed by atoms with Gasteiger partial charge in [-0.3, -0.25) is 4.79 Å². The lowest BCUT2D eigenvalue weighted by atomic mass is 10.0. The Bertz CT molecular complexity index is 1060. The van der Waals surface area contributed by atoms with Crippen molar-refractivity contribution in [2.45, 2.75) is 49.9 Å². The number of aryl methyl sites for hydroxylation is 3. The minimum Gasteiger partial charge on any atom is -0.481 e. The lowest BCUT2D eigenvalue weighted by Gasteiger charge is -2.07. The summed E-state index contributed by atoms with van der Waals surface area (Å²) in [5.74, 6) is -0.0888. The highest BCUT2D eigenvalue weighted by Gasteiger charge is 2.30. The number of alkyl halides is 3. The standard InChI is InChI=1S/C23H22F3NO2S2/c1-3-19-20(13-30-18-10-6-15(14(2)12-18)7-11-21(28)29)31-22(27-19)16-4-8-17(9-5-16)23(24,25)26/h4-6,8-10,12H,3,7,11,13H2,1-2H3,(H,28,29). The van der Waals surface area contributed by atoms with Gasteiger partial charge in [0.2, 0.25) is 0 Å². The van der Waals surface area contributed by atoms with Gasteiger partial charge in [0.05, 0.1) is 11.3 Å². The second-order valence-electron chi connectivity index (χ2n) is 7.09. The lowest BCUT2D eigenvalue weighted by Crippen LogP contribution is -2.03. The van der Waals surface area contributed by atoms with E-state index >= 15 is 0 Å². The fourth-order valence-corrected chi connectivity index (χ4v) is 5.38. The molecule has 1 N–H and O–H groups in total. The van der Waals surface area contributed by atoms with Crippen LogP contribution in [-0.2, 0) is 29.6 Å². The molecule has 0 bridgehead atoms. The average Bonchev–Trinajstić information content (AvgIpc) is 3.14. The van der Waals surface area contributed by atoms with Gasteiger partial charge in [-0.25, -0.2) is 4.98 Å². The van der Waals surface area contributed by atoms with E-state index < -0.39 is 17.7 Å². The second-order valence-corrected chi connectivity index (χ2v) is 9.22. The zero-order valence-electron chi connectivity index (χ0n) is 17.1. The summed E-state index contributed by atoms with van der Waals surface area (Å²) in [4.78, 5) is 17.6. The van der Waals surface area contributed by atoms with Crippen molar-refractivity contribution in [2.24, 2.45) is 0 Å². The molecule has 1 aromatic heterocycles. The maximum Gasteiger partial charge on any atom is 0.416 e. The summed E-state index contributed by atoms with van der Waals surface area (Å²) in [6, 6.07) is 11.1. The molecule has 3 rings (SSSR count). The first-order chi connectivity index (χ1) is 14.7. The van der Waals surface area contributed by atoms with Gasteiger partial charge in [0.1, 0.15) is 5.01 Å². The highest BCUT2D eigenvalue weighted by molar-refractivity contribution is 7.98. The largest absolute Gasteiger partial charge is 0.481 e. The Kier molecular flexibility index (Phi) is 7.43. The molecule has 3 nitrogen and oxygen atoms in total. The van der Waals surface area contributed by atoms with Crippen molar-refractivity contribution in [3.8, 4) is 10.6 Å². The van der Waals surface area contributed by atoms with Gasteiger partial charge in [0.25, 0.3) is 0 Å². The van der Waals surface area contributed by atoms with Gasteiger partial charge < -0.3 is 5.11 Å². The number of carbonyl (C=O) groups is 1. The number of benzene rings is 2. The normalized spacial score (nSPS) is 11.6. The molecular formula is C23H22F3NO2S2. The molecule has 8 heteroatoms. The summed E-state index contributed by atoms with van der Waals surface area (Å²) >= 11 is 3.18. The number of thiazole rings is 1. The molecule has 0 amide bonds. The third-order valence-corrected chi connectivity index (χ3v) is 7.21. The Morgan fingerprint density at radius 1 is 1.16 bits per heavy atom. The maximum atomic E-state index is 12.8. The van der Waals surface area contributed by atoms with Crippen LogP contribution in [0.2, 0.25) is 0 Å². The Labute approximate surface area is 187 Å². The van der Waals surface area contributed by atoms with E-state index in [9.17, 15) is 18.0 Å². The Balaban J connectivity index is 1.72. The number of rotatable bonds is 8. The zero-order valence-corrected chi connectivity index (χ0v) is 18.8. The number of thioether (sulfide) groups is 1. The number of hydrogen-bond donors (Lipinski definition) is 1. The second kappa shape index (κ2) is 9.87. The van der Waals surface area contributed by atoms with Crippen molar-refractivity contribution >= 4 is 29.1 Å². The highest BCUT2D eigenvalue weighted by Crippen LogP contribution is 2.35. The topological polar surface area (TPSA) is 50.2 Å². The smallest absolute Gasteiger partial charge is 0.416 e. The molecule has 0 unspecified atom stereocenters. The first-order valence-electron chi connectivity index (χ1n) is 9.77. The van der Waals surface area contributed by atoms with Crippen molar-refractivity contribution in [2.75, 3.05) is 0 Å². The molecule has 0 aliphatic rings. The highest BCUT2D eigenvalue weighted by atomic mass is 32.2. The van der Waals surface area contributed by atoms with Crippen LogP contribution in [0.1, 0.15) is 40.6 Å². The Hall–Kier alpha value is -2.32. The predicted octanol–water partition coefficient (Wildman–Crippen LogP) is 7.01. The monoisotopic (exact) mass is 465 g/mol. The van der Waals surface area contributed by atoms with E-state index in [2.05, 4.69) is 11.1 Å². The van der Waals surface area contributed by atoms with Crippen LogP contribution in [-0.4, -0.2) is 16.1 Å². The van der Waals surface area contributed by atoms with Crippen molar-refractivity contribution in [3.05, 3.63) is 69.7 Å². The van der Waals surface area contributed by atoms with Crippen molar-refractivity contribution < 1.29 is 23.1 Å². The molecule has 3 aromatic rings. The van der Waals surface area contributed by atoms with E-state index in [0.29, 0.717) is 12.0 Å². The fraction of sp³-hybridized carbons (Fsp3) is 0.304. The van der Waals surface area contributed by atoms with E-state index in [0.717, 1.165) is 55.9 Å². The molecule has 0 aliphatic heterocycles. The molecule has 0 aliphatic carbocycles. The number of nitrogens with zero attached hydrogens (tertiary/aromatic N) is 1. The minimum absolute atomic E-state index is 0.112. The maximum absolute atomic E-state index is 12.8. The van der Waals surface area contributed by atoms with Crippen molar-refractivity contribution in [1.29, 1.82) is 0 Å². The zero-order chi connectivity index (χ0) is 22.6. The van der Waals surface area contributed by atoms with E-state index in [1.54, 1.807) is 11.8 Å². The molecule has 0 radical (unpaired) electrons. The van der Waals surface area contributed by atoms with Gasteiger partial charge in [-0.2, -0.15) is 13.2 Å². The van der Waals surface area contributed by atoms with Crippen LogP contribution < -0.4 is 0 Å². The van der Waals surface area contributed by atoms with Crippen molar-refractivity contribution in [1.82, 2.24) is 4.98 Å². The molecular weight excluding hydrogens is 443 g/mol. The summed E-state index contributed by atoms with van der Waals surface area (Å²) in [6.45, 7) is 4.00. The molecule has 1 heterocycles. The Morgan fingerprint density at radius 3 is 2.45 bits per heavy atom. The van der Waals surface area contributed by atoms with Gasteiger partial charge in [0, 0.05) is 27.5 Å². The molecule has 0 fully saturated rings. The molecule has 0 saturated carbocycles. The number of aromatic nitrogens is 1. The average molecular weight is 466 g/mol. The van der Waals surface area contributed by atoms with Crippen LogP contribution in [0.4, 0.5) is 13.2 Å². The van der Waals surface area contributed by atoms with Gasteiger partial charge in [-0.05, 0) is 55.2 Å². The number of carboxylic acid groups (broad SMARTS) is 1. The third-order valence-electron chi connectivity index (χ3n) is 4.86. The van der Waals surface area contributed by atoms with Crippen LogP contribution in [0.15, 0.2) is 47.4 Å². The fourth-order valence-electron chi connectivity index (χ4n) is 3.13. The molecule has 164 valence electrons. The van der Waals surface area contributed by atoms with Gasteiger partial charge in [0.15, 0.2) is 0 Å². The molecule has 0 saturated heterocycles. The van der Waals surface area contributed by atoms with E-state index in [4.69, 9.17) is 5.11 Å². The summed E-state index contributed by atoms with van der Waals surface area (Å²) in [5.41, 5.74) is 3.08. The number of carboxylic acids is 1. The quantitative estimate of drug-likeness (QED) is 0.364. The number of aliphatic carboxylic acids is 1. The van der Waals surface area contributed by atoms with Crippen molar-refractivity contribution in [3.63, 3.8) is 0 Å². The molecule has 31 heavy (non-hydrogen) atoms. The van der Waals surface area contributed by atoms with E-state index in [1.807, 2.05) is 26.0 Å². The first-order valence-corrected chi connectivity index (χ1v) is 11.6. The molecule has 0 spiro atoms. The van der Waals surface area contributed by atoms with Crippen LogP contribution >= 0.6 is 23.1 Å². The van der Waals surface area contributed by atoms with E-state index in [-0.39, 0.29) is 6.42 Å². The van der Waals surface area contributed by atoms with Crippen LogP contribution in [0.5, 0.6) is 0 Å².